The lowest BCUT2D eigenvalue weighted by atomic mass is 10.0. The maximum absolute atomic E-state index is 13.6. The molecular formula is C22H26N2OS. The van der Waals surface area contributed by atoms with Crippen molar-refractivity contribution in [3.8, 4) is 10.6 Å². The lowest BCUT2D eigenvalue weighted by Crippen LogP contribution is -2.44. The Bertz CT molecular complexity index is 878. The van der Waals surface area contributed by atoms with Gasteiger partial charge in [-0.05, 0) is 50.3 Å². The summed E-state index contributed by atoms with van der Waals surface area (Å²) in [5.74, 6) is 0.102. The van der Waals surface area contributed by atoms with Gasteiger partial charge in [-0.2, -0.15) is 0 Å². The summed E-state index contributed by atoms with van der Waals surface area (Å²) in [6.07, 6.45) is 1.88. The monoisotopic (exact) mass is 366 g/mol. The SMILES string of the molecule is CCC(C)N(C(=O)c1cc(-c2cccs2)nc2ccccc12)C(C)CC. The molecule has 2 heterocycles. The molecule has 0 N–H and O–H groups in total. The second-order valence-corrected chi connectivity index (χ2v) is 7.72. The van der Waals surface area contributed by atoms with Crippen molar-refractivity contribution >= 4 is 28.1 Å². The molecule has 0 spiro atoms. The Morgan fingerprint density at radius 3 is 2.38 bits per heavy atom. The van der Waals surface area contributed by atoms with Gasteiger partial charge in [0.15, 0.2) is 0 Å². The second-order valence-electron chi connectivity index (χ2n) is 6.78. The van der Waals surface area contributed by atoms with Crippen LogP contribution in [0.15, 0.2) is 47.8 Å². The minimum absolute atomic E-state index is 0.102. The van der Waals surface area contributed by atoms with E-state index in [1.54, 1.807) is 11.3 Å². The van der Waals surface area contributed by atoms with E-state index in [4.69, 9.17) is 4.98 Å². The zero-order valence-corrected chi connectivity index (χ0v) is 16.7. The fraction of sp³-hybridized carbons (Fsp3) is 0.364. The molecule has 0 fully saturated rings. The molecule has 3 aromatic rings. The molecule has 4 heteroatoms. The van der Waals surface area contributed by atoms with Crippen LogP contribution in [0.2, 0.25) is 0 Å². The Morgan fingerprint density at radius 2 is 1.77 bits per heavy atom. The van der Waals surface area contributed by atoms with Crippen molar-refractivity contribution in [1.29, 1.82) is 0 Å². The highest BCUT2D eigenvalue weighted by molar-refractivity contribution is 7.13. The molecule has 0 saturated heterocycles. The highest BCUT2D eigenvalue weighted by Crippen LogP contribution is 2.29. The Hall–Kier alpha value is -2.20. The molecule has 2 atom stereocenters. The number of aromatic nitrogens is 1. The van der Waals surface area contributed by atoms with Gasteiger partial charge in [-0.3, -0.25) is 4.79 Å². The molecule has 2 unspecified atom stereocenters. The summed E-state index contributed by atoms with van der Waals surface area (Å²) in [4.78, 5) is 21.5. The fourth-order valence-corrected chi connectivity index (χ4v) is 3.96. The molecule has 0 aliphatic carbocycles. The molecule has 136 valence electrons. The predicted octanol–water partition coefficient (Wildman–Crippen LogP) is 6.00. The molecule has 3 rings (SSSR count). The molecule has 2 aromatic heterocycles. The zero-order valence-electron chi connectivity index (χ0n) is 15.9. The van der Waals surface area contributed by atoms with Crippen LogP contribution in [-0.2, 0) is 0 Å². The molecule has 0 saturated carbocycles. The number of carbonyl (C=O) groups excluding carboxylic acids is 1. The molecule has 3 nitrogen and oxygen atoms in total. The number of para-hydroxylation sites is 1. The summed E-state index contributed by atoms with van der Waals surface area (Å²) in [7, 11) is 0. The van der Waals surface area contributed by atoms with Crippen LogP contribution in [0, 0.1) is 0 Å². The predicted molar refractivity (Wildman–Crippen MR) is 111 cm³/mol. The molecule has 26 heavy (non-hydrogen) atoms. The molecule has 0 radical (unpaired) electrons. The van der Waals surface area contributed by atoms with Crippen molar-refractivity contribution in [2.75, 3.05) is 0 Å². The number of rotatable bonds is 6. The van der Waals surface area contributed by atoms with Gasteiger partial charge in [0, 0.05) is 17.5 Å². The van der Waals surface area contributed by atoms with Crippen molar-refractivity contribution in [1.82, 2.24) is 9.88 Å². The van der Waals surface area contributed by atoms with Gasteiger partial charge in [0.05, 0.1) is 21.7 Å². The average molecular weight is 367 g/mol. The number of carbonyl (C=O) groups is 1. The largest absolute Gasteiger partial charge is 0.333 e. The second kappa shape index (κ2) is 8.00. The number of hydrogen-bond donors (Lipinski definition) is 0. The van der Waals surface area contributed by atoms with E-state index < -0.39 is 0 Å². The van der Waals surface area contributed by atoms with Gasteiger partial charge in [0.1, 0.15) is 0 Å². The quantitative estimate of drug-likeness (QED) is 0.536. The Balaban J connectivity index is 2.17. The molecule has 0 bridgehead atoms. The summed E-state index contributed by atoms with van der Waals surface area (Å²) in [5, 5.41) is 2.97. The summed E-state index contributed by atoms with van der Waals surface area (Å²) >= 11 is 1.65. The summed E-state index contributed by atoms with van der Waals surface area (Å²) in [6.45, 7) is 8.53. The van der Waals surface area contributed by atoms with E-state index in [9.17, 15) is 4.79 Å². The van der Waals surface area contributed by atoms with Crippen LogP contribution in [0.4, 0.5) is 0 Å². The zero-order chi connectivity index (χ0) is 18.7. The van der Waals surface area contributed by atoms with E-state index in [-0.39, 0.29) is 18.0 Å². The van der Waals surface area contributed by atoms with E-state index in [1.807, 2.05) is 46.7 Å². The van der Waals surface area contributed by atoms with Crippen LogP contribution in [0.25, 0.3) is 21.5 Å². The van der Waals surface area contributed by atoms with E-state index in [0.29, 0.717) is 0 Å². The third-order valence-corrected chi connectivity index (χ3v) is 5.98. The first-order valence-electron chi connectivity index (χ1n) is 9.33. The molecular weight excluding hydrogens is 340 g/mol. The number of amides is 1. The normalized spacial score (nSPS) is 13.5. The lowest BCUT2D eigenvalue weighted by molar-refractivity contribution is 0.0600. The summed E-state index contributed by atoms with van der Waals surface area (Å²) < 4.78 is 0. The molecule has 1 aromatic carbocycles. The first-order valence-corrected chi connectivity index (χ1v) is 10.2. The third-order valence-electron chi connectivity index (χ3n) is 5.09. The Morgan fingerprint density at radius 1 is 1.08 bits per heavy atom. The van der Waals surface area contributed by atoms with E-state index in [1.165, 1.54) is 0 Å². The first-order chi connectivity index (χ1) is 12.6. The molecule has 0 aliphatic heterocycles. The Kier molecular flexibility index (Phi) is 5.72. The van der Waals surface area contributed by atoms with Gasteiger partial charge < -0.3 is 4.90 Å². The van der Waals surface area contributed by atoms with E-state index in [0.717, 1.165) is 39.9 Å². The highest BCUT2D eigenvalue weighted by atomic mass is 32.1. The van der Waals surface area contributed by atoms with Crippen LogP contribution in [-0.4, -0.2) is 27.9 Å². The van der Waals surface area contributed by atoms with Crippen molar-refractivity contribution < 1.29 is 4.79 Å². The van der Waals surface area contributed by atoms with Crippen LogP contribution >= 0.6 is 11.3 Å². The maximum Gasteiger partial charge on any atom is 0.255 e. The number of nitrogens with zero attached hydrogens (tertiary/aromatic N) is 2. The number of benzene rings is 1. The Labute approximate surface area is 159 Å². The standard InChI is InChI=1S/C22H26N2OS/c1-5-15(3)24(16(4)6-2)22(25)18-14-20(21-12-9-13-26-21)23-19-11-8-7-10-17(18)19/h7-16H,5-6H2,1-4H3. The van der Waals surface area contributed by atoms with Gasteiger partial charge in [0.2, 0.25) is 0 Å². The van der Waals surface area contributed by atoms with Crippen molar-refractivity contribution in [2.45, 2.75) is 52.6 Å². The van der Waals surface area contributed by atoms with Crippen LogP contribution in [0.1, 0.15) is 50.9 Å². The van der Waals surface area contributed by atoms with E-state index in [2.05, 4.69) is 33.8 Å². The third kappa shape index (κ3) is 3.51. The maximum atomic E-state index is 13.6. The van der Waals surface area contributed by atoms with Gasteiger partial charge in [-0.25, -0.2) is 4.98 Å². The topological polar surface area (TPSA) is 33.2 Å². The smallest absolute Gasteiger partial charge is 0.255 e. The van der Waals surface area contributed by atoms with Gasteiger partial charge >= 0.3 is 0 Å². The number of thiophene rings is 1. The van der Waals surface area contributed by atoms with Gasteiger partial charge in [-0.1, -0.05) is 38.1 Å². The first kappa shape index (κ1) is 18.6. The van der Waals surface area contributed by atoms with E-state index >= 15 is 0 Å². The summed E-state index contributed by atoms with van der Waals surface area (Å²) in [6, 6.07) is 14.4. The van der Waals surface area contributed by atoms with Crippen molar-refractivity contribution in [3.63, 3.8) is 0 Å². The van der Waals surface area contributed by atoms with Gasteiger partial charge in [-0.15, -0.1) is 11.3 Å². The highest BCUT2D eigenvalue weighted by Gasteiger charge is 2.26. The number of fused-ring (bicyclic) bond motifs is 1. The van der Waals surface area contributed by atoms with Crippen LogP contribution < -0.4 is 0 Å². The van der Waals surface area contributed by atoms with Crippen molar-refractivity contribution in [2.24, 2.45) is 0 Å². The number of hydrogen-bond acceptors (Lipinski definition) is 3. The van der Waals surface area contributed by atoms with Crippen molar-refractivity contribution in [3.05, 3.63) is 53.4 Å². The lowest BCUT2D eigenvalue weighted by Gasteiger charge is -2.34. The van der Waals surface area contributed by atoms with Crippen LogP contribution in [0.5, 0.6) is 0 Å². The summed E-state index contributed by atoms with van der Waals surface area (Å²) in [5.41, 5.74) is 2.49. The molecule has 0 aliphatic rings. The van der Waals surface area contributed by atoms with Gasteiger partial charge in [0.25, 0.3) is 5.91 Å². The average Bonchev–Trinajstić information content (AvgIpc) is 3.21. The number of pyridine rings is 1. The van der Waals surface area contributed by atoms with Crippen LogP contribution in [0.3, 0.4) is 0 Å². The molecule has 1 amide bonds. The minimum Gasteiger partial charge on any atom is -0.333 e. The fourth-order valence-electron chi connectivity index (χ4n) is 3.27. The minimum atomic E-state index is 0.102.